The van der Waals surface area contributed by atoms with Gasteiger partial charge in [-0.1, -0.05) is 46.5 Å². The molecule has 0 saturated heterocycles. The van der Waals surface area contributed by atoms with Crippen molar-refractivity contribution in [3.8, 4) is 11.5 Å². The fraction of sp³-hybridized carbons (Fsp3) is 0.562. The Morgan fingerprint density at radius 1 is 0.578 bits per heavy atom. The van der Waals surface area contributed by atoms with E-state index in [1.165, 1.54) is 0 Å². The maximum atomic E-state index is 12.0. The van der Waals surface area contributed by atoms with E-state index in [-0.39, 0.29) is 50.0 Å². The second-order valence-corrected chi connectivity index (χ2v) is 11.2. The standard InChI is InChI=1S/2C14H24N2O.2C2H4O2.2Ni.O/c2*1-11-8-12(2)14(17)13(9-11)10-16(5)7-6-15(3)4;2*1-2(3)4;;;/h2*8-9,17H,6-7,10H2,1-5H3;2*1H3,(H,3,4);;;/q;;;;2*+3;-2/p-4. The van der Waals surface area contributed by atoms with Gasteiger partial charge in [-0.15, -0.1) is 11.5 Å². The number of carboxylic acids is 2. The van der Waals surface area contributed by atoms with Crippen LogP contribution < -0.4 is 20.4 Å². The van der Waals surface area contributed by atoms with Crippen LogP contribution in [0.4, 0.5) is 0 Å². The Bertz CT molecular complexity index is 1010. The van der Waals surface area contributed by atoms with Crippen LogP contribution in [0.5, 0.6) is 11.5 Å². The molecule has 0 unspecified atom stereocenters. The monoisotopic (exact) mass is 720 g/mol. The van der Waals surface area contributed by atoms with E-state index in [2.05, 4.69) is 61.9 Å². The Balaban J connectivity index is -0.000000181. The molecule has 2 aromatic carbocycles. The predicted molar refractivity (Wildman–Crippen MR) is 163 cm³/mol. The van der Waals surface area contributed by atoms with Gasteiger partial charge in [0.05, 0.1) is 0 Å². The van der Waals surface area contributed by atoms with Crippen LogP contribution in [0.1, 0.15) is 47.2 Å². The van der Waals surface area contributed by atoms with Crippen LogP contribution >= 0.6 is 0 Å². The first-order chi connectivity index (χ1) is 19.3. The Kier molecular flexibility index (Phi) is 32.6. The van der Waals surface area contributed by atoms with E-state index in [9.17, 15) is 10.2 Å². The topological polar surface area (TPSA) is 168 Å². The van der Waals surface area contributed by atoms with Crippen LogP contribution in [0.25, 0.3) is 0 Å². The number of hydrogen-bond acceptors (Lipinski definition) is 10. The van der Waals surface area contributed by atoms with Gasteiger partial charge in [0.25, 0.3) is 0 Å². The Morgan fingerprint density at radius 3 is 1.04 bits per heavy atom. The molecule has 2 rings (SSSR count). The molecule has 0 N–H and O–H groups in total. The van der Waals surface area contributed by atoms with Crippen molar-refractivity contribution in [2.24, 2.45) is 0 Å². The average Bonchev–Trinajstić information content (AvgIpc) is 2.82. The van der Waals surface area contributed by atoms with Crippen molar-refractivity contribution in [2.75, 3.05) is 68.5 Å². The summed E-state index contributed by atoms with van der Waals surface area (Å²) in [5.41, 5.74) is 5.84. The maximum absolute atomic E-state index is 12.0. The number of benzene rings is 2. The van der Waals surface area contributed by atoms with E-state index in [4.69, 9.17) is 19.8 Å². The van der Waals surface area contributed by atoms with Gasteiger partial charge in [0.1, 0.15) is 0 Å². The molecule has 0 aliphatic rings. The SMILES string of the molecule is CC(=O)[O-].CC(=O)[O-].Cc1cc(C)c([O-])c(CN(C)CCN(C)C)c1.Cc1cc(C)c([O-])c(CN(C)CCN(C)C)c1.[Ni+3].[Ni+3].[O-2]. The third kappa shape index (κ3) is 28.9. The second-order valence-electron chi connectivity index (χ2n) is 11.2. The third-order valence-electron chi connectivity index (χ3n) is 5.73. The quantitative estimate of drug-likeness (QED) is 0.308. The summed E-state index contributed by atoms with van der Waals surface area (Å²) in [6, 6.07) is 7.90. The Labute approximate surface area is 291 Å². The molecule has 13 heteroatoms. The van der Waals surface area contributed by atoms with Gasteiger partial charge in [-0.3, -0.25) is 0 Å². The molecule has 11 nitrogen and oxygen atoms in total. The zero-order valence-corrected chi connectivity index (χ0v) is 30.8. The molecule has 0 atom stereocenters. The molecule has 45 heavy (non-hydrogen) atoms. The van der Waals surface area contributed by atoms with Crippen LogP contribution in [0.2, 0.25) is 0 Å². The summed E-state index contributed by atoms with van der Waals surface area (Å²) >= 11 is 0. The minimum atomic E-state index is -1.08. The zero-order chi connectivity index (χ0) is 33.2. The molecule has 0 saturated carbocycles. The van der Waals surface area contributed by atoms with Crippen molar-refractivity contribution in [1.29, 1.82) is 0 Å². The summed E-state index contributed by atoms with van der Waals surface area (Å²) < 4.78 is 0. The van der Waals surface area contributed by atoms with Crippen molar-refractivity contribution in [3.05, 3.63) is 57.6 Å². The summed E-state index contributed by atoms with van der Waals surface area (Å²) in [5, 5.41) is 41.7. The first kappa shape index (κ1) is 52.3. The number of carboxylic acid groups (broad SMARTS) is 2. The summed E-state index contributed by atoms with van der Waals surface area (Å²) in [4.78, 5) is 26.5. The van der Waals surface area contributed by atoms with Crippen molar-refractivity contribution in [2.45, 2.75) is 54.6 Å². The molecule has 0 aliphatic heterocycles. The number of hydrogen-bond donors (Lipinski definition) is 0. The molecule has 0 aromatic heterocycles. The number of carbonyl (C=O) groups excluding carboxylic acids is 2. The first-order valence-corrected chi connectivity index (χ1v) is 13.8. The largest absolute Gasteiger partial charge is 3.00 e. The van der Waals surface area contributed by atoms with Gasteiger partial charge in [-0.25, -0.2) is 0 Å². The number of likely N-dealkylation sites (N-methyl/N-ethyl adjacent to an activating group) is 4. The maximum Gasteiger partial charge on any atom is 3.00 e. The van der Waals surface area contributed by atoms with Crippen LogP contribution in [-0.2, 0) is 61.1 Å². The van der Waals surface area contributed by atoms with Crippen LogP contribution in [-0.4, -0.2) is 100 Å². The number of rotatable bonds is 10. The van der Waals surface area contributed by atoms with Gasteiger partial charge < -0.3 is 55.1 Å². The zero-order valence-electron chi connectivity index (χ0n) is 28.8. The van der Waals surface area contributed by atoms with E-state index < -0.39 is 11.9 Å². The molecule has 0 spiro atoms. The van der Waals surface area contributed by atoms with Crippen LogP contribution in [0.3, 0.4) is 0 Å². The molecule has 2 aromatic rings. The Hall–Kier alpha value is -2.23. The van der Waals surface area contributed by atoms with Gasteiger partial charge in [0.15, 0.2) is 0 Å². The van der Waals surface area contributed by atoms with E-state index >= 15 is 0 Å². The smallest absolute Gasteiger partial charge is 2.00 e. The van der Waals surface area contributed by atoms with Crippen molar-refractivity contribution in [1.82, 2.24) is 19.6 Å². The van der Waals surface area contributed by atoms with Crippen LogP contribution in [0, 0.1) is 27.7 Å². The minimum absolute atomic E-state index is 0. The van der Waals surface area contributed by atoms with Crippen molar-refractivity contribution in [3.63, 3.8) is 0 Å². The van der Waals surface area contributed by atoms with E-state index in [1.807, 2.05) is 52.0 Å². The number of carbonyl (C=O) groups is 2. The summed E-state index contributed by atoms with van der Waals surface area (Å²) in [6.07, 6.45) is 0. The van der Waals surface area contributed by atoms with Crippen molar-refractivity contribution < 1.29 is 68.5 Å². The number of aryl methyl sites for hydroxylation is 4. The van der Waals surface area contributed by atoms with Gasteiger partial charge in [-0.2, -0.15) is 0 Å². The third-order valence-corrected chi connectivity index (χ3v) is 5.73. The molecule has 0 amide bonds. The van der Waals surface area contributed by atoms with E-state index in [0.29, 0.717) is 0 Å². The first-order valence-electron chi connectivity index (χ1n) is 13.8. The molecule has 0 heterocycles. The van der Waals surface area contributed by atoms with Crippen molar-refractivity contribution >= 4 is 11.9 Å². The van der Waals surface area contributed by atoms with Gasteiger partial charge >= 0.3 is 33.0 Å². The van der Waals surface area contributed by atoms with Crippen LogP contribution in [0.15, 0.2) is 24.3 Å². The summed E-state index contributed by atoms with van der Waals surface area (Å²) in [5.74, 6) is -1.79. The Morgan fingerprint density at radius 2 is 0.822 bits per heavy atom. The fourth-order valence-corrected chi connectivity index (χ4v) is 3.80. The van der Waals surface area contributed by atoms with Gasteiger partial charge in [0, 0.05) is 51.2 Å². The van der Waals surface area contributed by atoms with Gasteiger partial charge in [-0.05, 0) is 95.0 Å². The second kappa shape index (κ2) is 28.0. The predicted octanol–water partition coefficient (Wildman–Crippen LogP) is 0.129. The number of nitrogens with zero attached hydrogens (tertiary/aromatic N) is 4. The molecular weight excluding hydrogens is 670 g/mol. The number of aliphatic carboxylic acids is 2. The minimum Gasteiger partial charge on any atom is -2.00 e. The van der Waals surface area contributed by atoms with E-state index in [0.717, 1.165) is 86.5 Å². The normalized spacial score (nSPS) is 9.78. The fourth-order valence-electron chi connectivity index (χ4n) is 3.80. The van der Waals surface area contributed by atoms with Gasteiger partial charge in [0.2, 0.25) is 0 Å². The van der Waals surface area contributed by atoms with E-state index in [1.54, 1.807) is 0 Å². The molecule has 262 valence electrons. The molecule has 0 bridgehead atoms. The molecule has 2 radical (unpaired) electrons. The average molecular weight is 722 g/mol. The summed E-state index contributed by atoms with van der Waals surface area (Å²) in [7, 11) is 12.3. The molecular formula is C32H52N4Ni2O7. The molecule has 0 aliphatic carbocycles. The summed E-state index contributed by atoms with van der Waals surface area (Å²) in [6.45, 7) is 15.2. The molecule has 0 fully saturated rings.